The van der Waals surface area contributed by atoms with Gasteiger partial charge in [0, 0.05) is 16.6 Å². The molecular formula is C21H22N2O3. The molecule has 1 heterocycles. The van der Waals surface area contributed by atoms with Crippen molar-refractivity contribution in [3.8, 4) is 11.5 Å². The van der Waals surface area contributed by atoms with E-state index in [-0.39, 0.29) is 11.9 Å². The fourth-order valence-corrected chi connectivity index (χ4v) is 3.78. The van der Waals surface area contributed by atoms with Crippen molar-refractivity contribution in [2.75, 3.05) is 14.2 Å². The number of ether oxygens (including phenoxy) is 2. The minimum absolute atomic E-state index is 0.0328. The lowest BCUT2D eigenvalue weighted by Gasteiger charge is -2.24. The van der Waals surface area contributed by atoms with Crippen molar-refractivity contribution in [1.82, 2.24) is 10.3 Å². The molecular weight excluding hydrogens is 328 g/mol. The molecule has 0 unspecified atom stereocenters. The molecule has 1 aromatic heterocycles. The summed E-state index contributed by atoms with van der Waals surface area (Å²) in [7, 11) is 3.26. The van der Waals surface area contributed by atoms with Crippen LogP contribution in [0.2, 0.25) is 0 Å². The van der Waals surface area contributed by atoms with Crippen LogP contribution in [0.3, 0.4) is 0 Å². The maximum atomic E-state index is 12.8. The molecule has 1 aliphatic rings. The molecule has 0 radical (unpaired) electrons. The van der Waals surface area contributed by atoms with Crippen molar-refractivity contribution in [3.63, 3.8) is 0 Å². The molecule has 0 spiro atoms. The fourth-order valence-electron chi connectivity index (χ4n) is 3.78. The Morgan fingerprint density at radius 3 is 2.81 bits per heavy atom. The first-order valence-electron chi connectivity index (χ1n) is 8.83. The molecule has 1 aliphatic carbocycles. The van der Waals surface area contributed by atoms with Crippen LogP contribution in [0.15, 0.2) is 42.5 Å². The van der Waals surface area contributed by atoms with Crippen LogP contribution in [0.25, 0.3) is 10.9 Å². The third-order valence-corrected chi connectivity index (χ3v) is 5.07. The molecule has 1 amide bonds. The smallest absolute Gasteiger partial charge is 0.255 e. The number of fused-ring (bicyclic) bond motifs is 3. The number of aryl methyl sites for hydroxylation is 1. The number of H-pyrrole nitrogens is 1. The predicted octanol–water partition coefficient (Wildman–Crippen LogP) is 3.99. The predicted molar refractivity (Wildman–Crippen MR) is 101 cm³/mol. The second kappa shape index (κ2) is 6.75. The third-order valence-electron chi connectivity index (χ3n) is 5.07. The van der Waals surface area contributed by atoms with Crippen LogP contribution in [-0.2, 0) is 6.42 Å². The Labute approximate surface area is 152 Å². The standard InChI is InChI=1S/C21H22N2O3/c1-25-13-10-11-17-16(12-13)14-7-5-8-18(20(14)22-17)23-21(24)15-6-3-4-9-19(15)26-2/h3-4,6,9-12,18,22H,5,7-8H2,1-2H3,(H,23,24)/t18-/m1/s1. The average molecular weight is 350 g/mol. The maximum absolute atomic E-state index is 12.8. The number of aromatic nitrogens is 1. The molecule has 134 valence electrons. The highest BCUT2D eigenvalue weighted by Gasteiger charge is 2.26. The van der Waals surface area contributed by atoms with E-state index in [1.807, 2.05) is 24.3 Å². The van der Waals surface area contributed by atoms with Gasteiger partial charge in [0.05, 0.1) is 25.8 Å². The van der Waals surface area contributed by atoms with Crippen molar-refractivity contribution in [3.05, 3.63) is 59.3 Å². The minimum atomic E-state index is -0.114. The molecule has 2 aromatic carbocycles. The zero-order valence-electron chi connectivity index (χ0n) is 15.0. The number of aromatic amines is 1. The summed E-state index contributed by atoms with van der Waals surface area (Å²) in [4.78, 5) is 16.3. The molecule has 5 nitrogen and oxygen atoms in total. The highest BCUT2D eigenvalue weighted by atomic mass is 16.5. The van der Waals surface area contributed by atoms with Crippen LogP contribution >= 0.6 is 0 Å². The Morgan fingerprint density at radius 1 is 1.15 bits per heavy atom. The largest absolute Gasteiger partial charge is 0.497 e. The SMILES string of the molecule is COc1ccc2[nH]c3c(c2c1)CCC[C@H]3NC(=O)c1ccccc1OC. The van der Waals surface area contributed by atoms with Gasteiger partial charge in [-0.1, -0.05) is 12.1 Å². The van der Waals surface area contributed by atoms with Gasteiger partial charge in [0.25, 0.3) is 5.91 Å². The number of hydrogen-bond acceptors (Lipinski definition) is 3. The lowest BCUT2D eigenvalue weighted by molar-refractivity contribution is 0.0929. The number of carbonyl (C=O) groups is 1. The van der Waals surface area contributed by atoms with Crippen molar-refractivity contribution in [2.45, 2.75) is 25.3 Å². The number of nitrogens with one attached hydrogen (secondary N) is 2. The van der Waals surface area contributed by atoms with Gasteiger partial charge < -0.3 is 19.8 Å². The second-order valence-corrected chi connectivity index (χ2v) is 6.55. The Morgan fingerprint density at radius 2 is 2.00 bits per heavy atom. The molecule has 1 atom stereocenters. The number of carbonyl (C=O) groups excluding carboxylic acids is 1. The van der Waals surface area contributed by atoms with E-state index in [4.69, 9.17) is 9.47 Å². The van der Waals surface area contributed by atoms with Gasteiger partial charge in [-0.25, -0.2) is 0 Å². The molecule has 0 saturated heterocycles. The van der Waals surface area contributed by atoms with E-state index in [9.17, 15) is 4.79 Å². The highest BCUT2D eigenvalue weighted by molar-refractivity contribution is 5.97. The van der Waals surface area contributed by atoms with E-state index in [1.54, 1.807) is 26.4 Å². The molecule has 4 rings (SSSR count). The molecule has 5 heteroatoms. The maximum Gasteiger partial charge on any atom is 0.255 e. The molecule has 0 aliphatic heterocycles. The molecule has 2 N–H and O–H groups in total. The number of amides is 1. The second-order valence-electron chi connectivity index (χ2n) is 6.55. The van der Waals surface area contributed by atoms with Gasteiger partial charge in [-0.2, -0.15) is 0 Å². The fraction of sp³-hybridized carbons (Fsp3) is 0.286. The van der Waals surface area contributed by atoms with E-state index in [0.717, 1.165) is 36.2 Å². The van der Waals surface area contributed by atoms with Crippen molar-refractivity contribution in [2.24, 2.45) is 0 Å². The lowest BCUT2D eigenvalue weighted by Crippen LogP contribution is -2.31. The Hall–Kier alpha value is -2.95. The normalized spacial score (nSPS) is 16.2. The van der Waals surface area contributed by atoms with Crippen LogP contribution in [0, 0.1) is 0 Å². The number of benzene rings is 2. The Balaban J connectivity index is 1.67. The minimum Gasteiger partial charge on any atom is -0.497 e. The van der Waals surface area contributed by atoms with Crippen LogP contribution in [0.4, 0.5) is 0 Å². The van der Waals surface area contributed by atoms with E-state index in [1.165, 1.54) is 10.9 Å². The summed E-state index contributed by atoms with van der Waals surface area (Å²) in [5, 5.41) is 4.35. The van der Waals surface area contributed by atoms with Crippen LogP contribution in [0.1, 0.15) is 40.5 Å². The summed E-state index contributed by atoms with van der Waals surface area (Å²) in [6.45, 7) is 0. The van der Waals surface area contributed by atoms with E-state index >= 15 is 0 Å². The van der Waals surface area contributed by atoms with Crippen LogP contribution in [-0.4, -0.2) is 25.1 Å². The average Bonchev–Trinajstić information content (AvgIpc) is 3.06. The Bertz CT molecular complexity index is 961. The zero-order chi connectivity index (χ0) is 18.1. The van der Waals surface area contributed by atoms with Gasteiger partial charge in [-0.15, -0.1) is 0 Å². The van der Waals surface area contributed by atoms with Gasteiger partial charge in [-0.3, -0.25) is 4.79 Å². The first-order valence-corrected chi connectivity index (χ1v) is 8.83. The number of rotatable bonds is 4. The summed E-state index contributed by atoms with van der Waals surface area (Å²) in [6.07, 6.45) is 2.95. The molecule has 3 aromatic rings. The van der Waals surface area contributed by atoms with E-state index < -0.39 is 0 Å². The molecule has 0 fully saturated rings. The summed E-state index contributed by atoms with van der Waals surface area (Å²) < 4.78 is 10.7. The molecule has 0 bridgehead atoms. The van der Waals surface area contributed by atoms with E-state index in [0.29, 0.717) is 11.3 Å². The lowest BCUT2D eigenvalue weighted by atomic mass is 9.91. The van der Waals surface area contributed by atoms with Crippen molar-refractivity contribution < 1.29 is 14.3 Å². The summed E-state index contributed by atoms with van der Waals surface area (Å²) in [5.41, 5.74) is 4.01. The topological polar surface area (TPSA) is 63.3 Å². The van der Waals surface area contributed by atoms with Crippen LogP contribution in [0.5, 0.6) is 11.5 Å². The Kier molecular flexibility index (Phi) is 4.29. The number of hydrogen-bond donors (Lipinski definition) is 2. The summed E-state index contributed by atoms with van der Waals surface area (Å²) in [6, 6.07) is 13.3. The van der Waals surface area contributed by atoms with Crippen molar-refractivity contribution >= 4 is 16.8 Å². The third kappa shape index (κ3) is 2.79. The number of methoxy groups -OCH3 is 2. The monoisotopic (exact) mass is 350 g/mol. The highest BCUT2D eigenvalue weighted by Crippen LogP contribution is 2.36. The van der Waals surface area contributed by atoms with E-state index in [2.05, 4.69) is 16.4 Å². The zero-order valence-corrected chi connectivity index (χ0v) is 15.0. The van der Waals surface area contributed by atoms with Crippen LogP contribution < -0.4 is 14.8 Å². The first kappa shape index (κ1) is 16.5. The van der Waals surface area contributed by atoms with Gasteiger partial charge in [0.1, 0.15) is 11.5 Å². The van der Waals surface area contributed by atoms with Gasteiger partial charge >= 0.3 is 0 Å². The number of para-hydroxylation sites is 1. The van der Waals surface area contributed by atoms with Gasteiger partial charge in [0.2, 0.25) is 0 Å². The summed E-state index contributed by atoms with van der Waals surface area (Å²) in [5.74, 6) is 1.32. The van der Waals surface area contributed by atoms with Crippen molar-refractivity contribution in [1.29, 1.82) is 0 Å². The summed E-state index contributed by atoms with van der Waals surface area (Å²) >= 11 is 0. The van der Waals surface area contributed by atoms with Gasteiger partial charge in [0.15, 0.2) is 0 Å². The van der Waals surface area contributed by atoms with Gasteiger partial charge in [-0.05, 0) is 55.2 Å². The molecule has 26 heavy (non-hydrogen) atoms. The quantitative estimate of drug-likeness (QED) is 0.748. The first-order chi connectivity index (χ1) is 12.7. The molecule has 0 saturated carbocycles.